The number of carbonyl (C=O) groups excluding carboxylic acids is 1. The molecule has 3 rings (SSSR count). The van der Waals surface area contributed by atoms with Gasteiger partial charge in [-0.25, -0.2) is 0 Å². The van der Waals surface area contributed by atoms with Crippen LogP contribution in [0, 0.1) is 12.8 Å². The zero-order chi connectivity index (χ0) is 17.3. The molecule has 0 radical (unpaired) electrons. The van der Waals surface area contributed by atoms with Crippen LogP contribution in [-0.2, 0) is 0 Å². The SMILES string of the molecule is Cc1c(OC2CCC(C(F)(F)F)CC2)ccc2cc(C=O)ncc12. The molecule has 0 bridgehead atoms. The molecule has 1 aromatic carbocycles. The fourth-order valence-corrected chi connectivity index (χ4v) is 3.24. The van der Waals surface area contributed by atoms with Gasteiger partial charge >= 0.3 is 6.18 Å². The smallest absolute Gasteiger partial charge is 0.391 e. The van der Waals surface area contributed by atoms with Crippen molar-refractivity contribution in [2.24, 2.45) is 5.92 Å². The van der Waals surface area contributed by atoms with Crippen molar-refractivity contribution >= 4 is 17.1 Å². The highest BCUT2D eigenvalue weighted by Gasteiger charge is 2.41. The number of nitrogens with zero attached hydrogens (tertiary/aromatic N) is 1. The van der Waals surface area contributed by atoms with Crippen molar-refractivity contribution in [1.29, 1.82) is 0 Å². The lowest BCUT2D eigenvalue weighted by Crippen LogP contribution is -2.32. The number of fused-ring (bicyclic) bond motifs is 1. The van der Waals surface area contributed by atoms with Gasteiger partial charge in [0.05, 0.1) is 12.0 Å². The van der Waals surface area contributed by atoms with Crippen molar-refractivity contribution in [2.75, 3.05) is 0 Å². The molecule has 0 spiro atoms. The second-order valence-corrected chi connectivity index (χ2v) is 6.27. The van der Waals surface area contributed by atoms with Crippen LogP contribution in [0.15, 0.2) is 24.4 Å². The van der Waals surface area contributed by atoms with E-state index < -0.39 is 12.1 Å². The molecule has 0 aliphatic heterocycles. The van der Waals surface area contributed by atoms with E-state index in [1.165, 1.54) is 0 Å². The third kappa shape index (κ3) is 3.37. The summed E-state index contributed by atoms with van der Waals surface area (Å²) in [6.07, 6.45) is -0.933. The zero-order valence-electron chi connectivity index (χ0n) is 13.3. The molecule has 1 fully saturated rings. The van der Waals surface area contributed by atoms with Gasteiger partial charge in [-0.1, -0.05) is 6.07 Å². The third-order valence-electron chi connectivity index (χ3n) is 4.70. The largest absolute Gasteiger partial charge is 0.490 e. The summed E-state index contributed by atoms with van der Waals surface area (Å²) in [5, 5.41) is 1.76. The van der Waals surface area contributed by atoms with Gasteiger partial charge in [0.15, 0.2) is 6.29 Å². The summed E-state index contributed by atoms with van der Waals surface area (Å²) in [6.45, 7) is 1.89. The second-order valence-electron chi connectivity index (χ2n) is 6.27. The Morgan fingerprint density at radius 2 is 1.92 bits per heavy atom. The van der Waals surface area contributed by atoms with E-state index in [-0.39, 0.29) is 18.9 Å². The molecule has 1 heterocycles. The number of benzene rings is 1. The molecule has 0 saturated heterocycles. The highest BCUT2D eigenvalue weighted by molar-refractivity contribution is 5.90. The summed E-state index contributed by atoms with van der Waals surface area (Å²) in [5.41, 5.74) is 1.25. The molecule has 2 aromatic rings. The van der Waals surface area contributed by atoms with Gasteiger partial charge in [-0.15, -0.1) is 0 Å². The maximum atomic E-state index is 12.7. The van der Waals surface area contributed by atoms with Crippen molar-refractivity contribution in [2.45, 2.75) is 44.9 Å². The maximum Gasteiger partial charge on any atom is 0.391 e. The van der Waals surface area contributed by atoms with Crippen LogP contribution in [-0.4, -0.2) is 23.6 Å². The third-order valence-corrected chi connectivity index (χ3v) is 4.70. The van der Waals surface area contributed by atoms with E-state index in [4.69, 9.17) is 4.74 Å². The second kappa shape index (κ2) is 6.42. The number of hydrogen-bond donors (Lipinski definition) is 0. The lowest BCUT2D eigenvalue weighted by atomic mass is 9.87. The van der Waals surface area contributed by atoms with E-state index in [9.17, 15) is 18.0 Å². The minimum Gasteiger partial charge on any atom is -0.490 e. The Hall–Kier alpha value is -2.11. The number of aldehydes is 1. The maximum absolute atomic E-state index is 12.7. The first kappa shape index (κ1) is 16.7. The lowest BCUT2D eigenvalue weighted by molar-refractivity contribution is -0.185. The van der Waals surface area contributed by atoms with E-state index in [1.54, 1.807) is 12.3 Å². The van der Waals surface area contributed by atoms with Gasteiger partial charge < -0.3 is 4.74 Å². The fourth-order valence-electron chi connectivity index (χ4n) is 3.24. The summed E-state index contributed by atoms with van der Waals surface area (Å²) < 4.78 is 44.1. The molecule has 1 saturated carbocycles. The number of aryl methyl sites for hydroxylation is 1. The van der Waals surface area contributed by atoms with E-state index in [2.05, 4.69) is 4.98 Å². The Kier molecular flexibility index (Phi) is 4.47. The number of carbonyl (C=O) groups is 1. The van der Waals surface area contributed by atoms with E-state index in [0.717, 1.165) is 16.3 Å². The van der Waals surface area contributed by atoms with Gasteiger partial charge in [0.25, 0.3) is 0 Å². The van der Waals surface area contributed by atoms with Crippen LogP contribution in [0.1, 0.15) is 41.7 Å². The standard InChI is InChI=1S/C18H18F3NO2/c1-11-16-9-22-14(10-23)8-12(16)2-7-17(11)24-15-5-3-13(4-6-15)18(19,20)21/h2,7-10,13,15H,3-6H2,1H3. The Balaban J connectivity index is 1.74. The molecule has 1 aromatic heterocycles. The molecule has 0 amide bonds. The van der Waals surface area contributed by atoms with Crippen molar-refractivity contribution in [3.63, 3.8) is 0 Å². The Morgan fingerprint density at radius 1 is 1.21 bits per heavy atom. The van der Waals surface area contributed by atoms with Crippen molar-refractivity contribution in [3.05, 3.63) is 35.7 Å². The van der Waals surface area contributed by atoms with Gasteiger partial charge in [-0.2, -0.15) is 13.2 Å². The van der Waals surface area contributed by atoms with Gasteiger partial charge in [0.1, 0.15) is 11.4 Å². The molecule has 128 valence electrons. The molecule has 3 nitrogen and oxygen atoms in total. The van der Waals surface area contributed by atoms with Crippen LogP contribution < -0.4 is 4.74 Å². The van der Waals surface area contributed by atoms with Crippen LogP contribution in [0.4, 0.5) is 13.2 Å². The number of aromatic nitrogens is 1. The van der Waals surface area contributed by atoms with Crippen molar-refractivity contribution < 1.29 is 22.7 Å². The molecule has 0 N–H and O–H groups in total. The minimum absolute atomic E-state index is 0.116. The van der Waals surface area contributed by atoms with Crippen molar-refractivity contribution in [1.82, 2.24) is 4.98 Å². The minimum atomic E-state index is -4.11. The average Bonchev–Trinajstić information content (AvgIpc) is 2.57. The quantitative estimate of drug-likeness (QED) is 0.751. The first-order valence-electron chi connectivity index (χ1n) is 7.96. The average molecular weight is 337 g/mol. The zero-order valence-corrected chi connectivity index (χ0v) is 13.3. The van der Waals surface area contributed by atoms with Gasteiger partial charge in [-0.3, -0.25) is 9.78 Å². The van der Waals surface area contributed by atoms with Crippen LogP contribution in [0.3, 0.4) is 0 Å². The van der Waals surface area contributed by atoms with E-state index in [1.807, 2.05) is 19.1 Å². The molecular formula is C18H18F3NO2. The highest BCUT2D eigenvalue weighted by atomic mass is 19.4. The molecule has 1 aliphatic carbocycles. The summed E-state index contributed by atoms with van der Waals surface area (Å²) in [4.78, 5) is 14.9. The van der Waals surface area contributed by atoms with Crippen LogP contribution in [0.5, 0.6) is 5.75 Å². The van der Waals surface area contributed by atoms with E-state index in [0.29, 0.717) is 30.6 Å². The number of halogens is 3. The predicted molar refractivity (Wildman–Crippen MR) is 84.3 cm³/mol. The number of ether oxygens (including phenoxy) is 1. The molecule has 0 atom stereocenters. The summed E-state index contributed by atoms with van der Waals surface area (Å²) >= 11 is 0. The van der Waals surface area contributed by atoms with Crippen LogP contribution in [0.25, 0.3) is 10.8 Å². The first-order valence-corrected chi connectivity index (χ1v) is 7.96. The molecule has 24 heavy (non-hydrogen) atoms. The molecule has 1 aliphatic rings. The number of rotatable bonds is 3. The summed E-state index contributed by atoms with van der Waals surface area (Å²) in [5.74, 6) is -0.542. The number of hydrogen-bond acceptors (Lipinski definition) is 3. The normalized spacial score (nSPS) is 21.7. The number of alkyl halides is 3. The number of pyridine rings is 1. The predicted octanol–water partition coefficient (Wildman–Crippen LogP) is 4.86. The molecular weight excluding hydrogens is 319 g/mol. The summed E-state index contributed by atoms with van der Waals surface area (Å²) in [7, 11) is 0. The van der Waals surface area contributed by atoms with Gasteiger partial charge in [0.2, 0.25) is 0 Å². The Morgan fingerprint density at radius 3 is 2.54 bits per heavy atom. The van der Waals surface area contributed by atoms with E-state index >= 15 is 0 Å². The van der Waals surface area contributed by atoms with Crippen LogP contribution >= 0.6 is 0 Å². The highest BCUT2D eigenvalue weighted by Crippen LogP contribution is 2.39. The van der Waals surface area contributed by atoms with Gasteiger partial charge in [-0.05, 0) is 50.1 Å². The Bertz CT molecular complexity index is 750. The van der Waals surface area contributed by atoms with Gasteiger partial charge in [0, 0.05) is 17.1 Å². The molecule has 6 heteroatoms. The fraction of sp³-hybridized carbons (Fsp3) is 0.444. The van der Waals surface area contributed by atoms with Crippen LogP contribution in [0.2, 0.25) is 0 Å². The molecule has 0 unspecified atom stereocenters. The first-order chi connectivity index (χ1) is 11.4. The Labute approximate surface area is 137 Å². The lowest BCUT2D eigenvalue weighted by Gasteiger charge is -2.30. The van der Waals surface area contributed by atoms with Crippen molar-refractivity contribution in [3.8, 4) is 5.75 Å². The summed E-state index contributed by atoms with van der Waals surface area (Å²) in [6, 6.07) is 5.35. The monoisotopic (exact) mass is 337 g/mol. The topological polar surface area (TPSA) is 39.2 Å².